The summed E-state index contributed by atoms with van der Waals surface area (Å²) in [5.74, 6) is -0.179. The summed E-state index contributed by atoms with van der Waals surface area (Å²) < 4.78 is 11.1. The van der Waals surface area contributed by atoms with E-state index in [4.69, 9.17) is 14.6 Å². The number of aliphatic carboxylic acids is 1. The Kier molecular flexibility index (Phi) is 7.66. The molecule has 1 aliphatic carbocycles. The van der Waals surface area contributed by atoms with Gasteiger partial charge in [-0.1, -0.05) is 60.2 Å². The van der Waals surface area contributed by atoms with Crippen molar-refractivity contribution in [1.29, 1.82) is 0 Å². The second kappa shape index (κ2) is 10.9. The van der Waals surface area contributed by atoms with Gasteiger partial charge >= 0.3 is 5.97 Å². The lowest BCUT2D eigenvalue weighted by Crippen LogP contribution is -2.30. The number of benzene rings is 3. The minimum absolute atomic E-state index is 0.197. The number of fused-ring (bicyclic) bond motifs is 2. The zero-order valence-corrected chi connectivity index (χ0v) is 20.2. The highest BCUT2D eigenvalue weighted by atomic mass is 16.5. The number of hydrogen-bond donors (Lipinski definition) is 1. The van der Waals surface area contributed by atoms with Crippen molar-refractivity contribution in [1.82, 2.24) is 4.90 Å². The molecule has 0 saturated heterocycles. The topological polar surface area (TPSA) is 59.0 Å². The maximum absolute atomic E-state index is 11.2. The van der Waals surface area contributed by atoms with E-state index in [-0.39, 0.29) is 6.04 Å². The minimum atomic E-state index is -0.956. The van der Waals surface area contributed by atoms with Crippen molar-refractivity contribution in [3.8, 4) is 5.75 Å². The summed E-state index contributed by atoms with van der Waals surface area (Å²) in [4.78, 5) is 13.6. The summed E-state index contributed by atoms with van der Waals surface area (Å²) in [6, 6.07) is 23.4. The molecular weight excluding hydrogens is 426 g/mol. The lowest BCUT2D eigenvalue weighted by Gasteiger charge is -2.30. The van der Waals surface area contributed by atoms with E-state index in [1.165, 1.54) is 34.9 Å². The normalized spacial score (nSPS) is 15.8. The van der Waals surface area contributed by atoms with Gasteiger partial charge in [0.25, 0.3) is 0 Å². The molecule has 0 amide bonds. The van der Waals surface area contributed by atoms with E-state index in [1.54, 1.807) is 0 Å². The molecule has 0 radical (unpaired) electrons. The average Bonchev–Trinajstić information content (AvgIpc) is 2.99. The van der Waals surface area contributed by atoms with E-state index in [1.807, 2.05) is 24.3 Å². The number of methoxy groups -OCH3 is 1. The first-order chi connectivity index (χ1) is 16.5. The predicted molar refractivity (Wildman–Crippen MR) is 134 cm³/mol. The molecule has 3 aromatic rings. The number of rotatable bonds is 9. The fraction of sp³-hybridized carbons (Fsp3) is 0.345. The molecule has 34 heavy (non-hydrogen) atoms. The summed E-state index contributed by atoms with van der Waals surface area (Å²) in [5, 5.41) is 9.16. The van der Waals surface area contributed by atoms with Crippen LogP contribution in [0.3, 0.4) is 0 Å². The van der Waals surface area contributed by atoms with Gasteiger partial charge in [-0.25, -0.2) is 4.79 Å². The third-order valence-corrected chi connectivity index (χ3v) is 6.66. The lowest BCUT2D eigenvalue weighted by atomic mass is 9.92. The third kappa shape index (κ3) is 5.49. The second-order valence-electron chi connectivity index (χ2n) is 9.04. The molecule has 0 saturated carbocycles. The number of ether oxygens (including phenoxy) is 2. The van der Waals surface area contributed by atoms with Crippen LogP contribution in [0.15, 0.2) is 66.7 Å². The molecule has 178 valence electrons. The Hall–Kier alpha value is -3.15. The molecule has 1 N–H and O–H groups in total. The minimum Gasteiger partial charge on any atom is -0.492 e. The molecule has 0 aromatic heterocycles. The van der Waals surface area contributed by atoms with Gasteiger partial charge < -0.3 is 14.6 Å². The Balaban J connectivity index is 1.43. The van der Waals surface area contributed by atoms with Crippen molar-refractivity contribution in [2.75, 3.05) is 27.3 Å². The van der Waals surface area contributed by atoms with Crippen LogP contribution in [0.1, 0.15) is 39.4 Å². The van der Waals surface area contributed by atoms with Gasteiger partial charge in [-0.15, -0.1) is 0 Å². The van der Waals surface area contributed by atoms with Gasteiger partial charge in [-0.2, -0.15) is 0 Å². The van der Waals surface area contributed by atoms with Gasteiger partial charge in [-0.3, -0.25) is 4.90 Å². The monoisotopic (exact) mass is 459 g/mol. The third-order valence-electron chi connectivity index (χ3n) is 6.66. The highest BCUT2D eigenvalue weighted by Gasteiger charge is 2.26. The Morgan fingerprint density at radius 2 is 1.74 bits per heavy atom. The maximum Gasteiger partial charge on any atom is 0.333 e. The summed E-state index contributed by atoms with van der Waals surface area (Å²) in [6.45, 7) is 3.50. The molecule has 5 nitrogen and oxygen atoms in total. The van der Waals surface area contributed by atoms with Crippen molar-refractivity contribution in [2.24, 2.45) is 0 Å². The molecule has 0 heterocycles. The summed E-state index contributed by atoms with van der Waals surface area (Å²) in [7, 11) is 3.58. The van der Waals surface area contributed by atoms with Crippen LogP contribution in [0.25, 0.3) is 0 Å². The van der Waals surface area contributed by atoms with Gasteiger partial charge in [0, 0.05) is 20.1 Å². The van der Waals surface area contributed by atoms with Crippen LogP contribution in [-0.4, -0.2) is 49.4 Å². The van der Waals surface area contributed by atoms with Crippen LogP contribution in [0.4, 0.5) is 0 Å². The second-order valence-corrected chi connectivity index (χ2v) is 9.04. The van der Waals surface area contributed by atoms with Crippen molar-refractivity contribution < 1.29 is 19.4 Å². The van der Waals surface area contributed by atoms with Gasteiger partial charge in [0.05, 0.1) is 6.04 Å². The number of carboxylic acid groups (broad SMARTS) is 1. The number of nitrogens with zero attached hydrogens (tertiary/aromatic N) is 1. The van der Waals surface area contributed by atoms with E-state index < -0.39 is 12.1 Å². The van der Waals surface area contributed by atoms with E-state index >= 15 is 0 Å². The molecule has 2 atom stereocenters. The van der Waals surface area contributed by atoms with Crippen molar-refractivity contribution >= 4 is 5.97 Å². The van der Waals surface area contributed by atoms with Crippen LogP contribution >= 0.6 is 0 Å². The molecule has 0 bridgehead atoms. The summed E-state index contributed by atoms with van der Waals surface area (Å²) >= 11 is 0. The number of aryl methyl sites for hydroxylation is 3. The van der Waals surface area contributed by atoms with Crippen molar-refractivity contribution in [3.63, 3.8) is 0 Å². The van der Waals surface area contributed by atoms with Crippen molar-refractivity contribution in [2.45, 2.75) is 38.3 Å². The van der Waals surface area contributed by atoms with Crippen molar-refractivity contribution in [3.05, 3.63) is 100 Å². The Morgan fingerprint density at radius 1 is 1.03 bits per heavy atom. The fourth-order valence-electron chi connectivity index (χ4n) is 4.80. The summed E-state index contributed by atoms with van der Waals surface area (Å²) in [6.07, 6.45) is 1.61. The standard InChI is InChI=1S/C29H33NO4/c1-20-8-15-26-23(18-20)12-11-22-6-4-5-7-25(22)28(26)30(2)16-17-34-24-13-9-21(10-14-24)19-27(33-3)29(31)32/h4-10,13-15,18,27-28H,11-12,16-17,19H2,1-3H3,(H,31,32). The molecule has 1 aliphatic rings. The average molecular weight is 460 g/mol. The maximum atomic E-state index is 11.2. The van der Waals surface area contributed by atoms with E-state index in [0.29, 0.717) is 13.0 Å². The highest BCUT2D eigenvalue weighted by molar-refractivity contribution is 5.72. The molecule has 2 unspecified atom stereocenters. The molecule has 3 aromatic carbocycles. The number of carboxylic acids is 1. The Bertz CT molecular complexity index is 1130. The molecule has 0 spiro atoms. The Morgan fingerprint density at radius 3 is 2.47 bits per heavy atom. The van der Waals surface area contributed by atoms with Gasteiger partial charge in [-0.05, 0) is 66.8 Å². The molecule has 0 aliphatic heterocycles. The predicted octanol–water partition coefficient (Wildman–Crippen LogP) is 4.84. The van der Waals surface area contributed by atoms with E-state index in [9.17, 15) is 4.79 Å². The van der Waals surface area contributed by atoms with Crippen LogP contribution in [-0.2, 0) is 28.8 Å². The molecule has 4 rings (SSSR count). The molecule has 0 fully saturated rings. The summed E-state index contributed by atoms with van der Waals surface area (Å²) in [5.41, 5.74) is 7.82. The first-order valence-electron chi connectivity index (χ1n) is 11.8. The largest absolute Gasteiger partial charge is 0.492 e. The number of carbonyl (C=O) groups is 1. The zero-order chi connectivity index (χ0) is 24.1. The van der Waals surface area contributed by atoms with E-state index in [0.717, 1.165) is 30.7 Å². The molecular formula is C29H33NO4. The van der Waals surface area contributed by atoms with Gasteiger partial charge in [0.1, 0.15) is 12.4 Å². The lowest BCUT2D eigenvalue weighted by molar-refractivity contribution is -0.148. The highest BCUT2D eigenvalue weighted by Crippen LogP contribution is 2.36. The first-order valence-corrected chi connectivity index (χ1v) is 11.8. The van der Waals surface area contributed by atoms with Crippen LogP contribution in [0, 0.1) is 6.92 Å². The number of likely N-dealkylation sites (N-methyl/N-ethyl adjacent to an activating group) is 1. The quantitative estimate of drug-likeness (QED) is 0.496. The van der Waals surface area contributed by atoms with Gasteiger partial charge in [0.2, 0.25) is 0 Å². The van der Waals surface area contributed by atoms with Crippen LogP contribution < -0.4 is 4.74 Å². The molecule has 5 heteroatoms. The smallest absolute Gasteiger partial charge is 0.333 e. The van der Waals surface area contributed by atoms with Gasteiger partial charge in [0.15, 0.2) is 6.10 Å². The SMILES string of the molecule is COC(Cc1ccc(OCCN(C)C2c3ccccc3CCc3cc(C)ccc32)cc1)C(=O)O. The number of hydrogen-bond acceptors (Lipinski definition) is 4. The first kappa shape index (κ1) is 24.0. The Labute approximate surface area is 201 Å². The van der Waals surface area contributed by atoms with Crippen LogP contribution in [0.2, 0.25) is 0 Å². The zero-order valence-electron chi connectivity index (χ0n) is 20.2. The fourth-order valence-corrected chi connectivity index (χ4v) is 4.80. The van der Waals surface area contributed by atoms with E-state index in [2.05, 4.69) is 61.3 Å². The van der Waals surface area contributed by atoms with Crippen LogP contribution in [0.5, 0.6) is 5.75 Å².